The zero-order valence-corrected chi connectivity index (χ0v) is 20.8. The molecule has 1 fully saturated rings. The molecule has 0 bridgehead atoms. The molecule has 3 rings (SSSR count). The Morgan fingerprint density at radius 2 is 1.97 bits per heavy atom. The van der Waals surface area contributed by atoms with Gasteiger partial charge in [0.05, 0.1) is 0 Å². The lowest BCUT2D eigenvalue weighted by atomic mass is 10.1. The van der Waals surface area contributed by atoms with Gasteiger partial charge in [-0.15, -0.1) is 24.0 Å². The smallest absolute Gasteiger partial charge is 0.222 e. The molecule has 2 aromatic rings. The number of aliphatic imine (C=N–C) groups is 1. The molecule has 1 heterocycles. The fourth-order valence-electron chi connectivity index (χ4n) is 3.45. The van der Waals surface area contributed by atoms with Gasteiger partial charge in [-0.3, -0.25) is 9.79 Å². The van der Waals surface area contributed by atoms with Crippen LogP contribution in [-0.2, 0) is 24.4 Å². The molecule has 1 aliphatic heterocycles. The Morgan fingerprint density at radius 3 is 2.66 bits per heavy atom. The van der Waals surface area contributed by atoms with Crippen LogP contribution in [0.15, 0.2) is 58.0 Å². The summed E-state index contributed by atoms with van der Waals surface area (Å²) in [5.74, 6) is 1.11. The van der Waals surface area contributed by atoms with Crippen LogP contribution in [0.3, 0.4) is 0 Å². The number of carbonyl (C=O) groups excluding carboxylic acids is 1. The van der Waals surface area contributed by atoms with Crippen LogP contribution in [0.2, 0.25) is 0 Å². The van der Waals surface area contributed by atoms with Crippen molar-refractivity contribution >= 4 is 51.8 Å². The normalized spacial score (nSPS) is 14.0. The van der Waals surface area contributed by atoms with E-state index in [0.29, 0.717) is 19.5 Å². The number of carbonyl (C=O) groups is 1. The van der Waals surface area contributed by atoms with Crippen molar-refractivity contribution in [3.8, 4) is 0 Å². The summed E-state index contributed by atoms with van der Waals surface area (Å²) >= 11 is 3.60. The molecule has 0 radical (unpaired) electrons. The van der Waals surface area contributed by atoms with E-state index in [0.717, 1.165) is 29.9 Å². The third-order valence-electron chi connectivity index (χ3n) is 4.93. The van der Waals surface area contributed by atoms with Crippen molar-refractivity contribution in [2.45, 2.75) is 32.5 Å². The van der Waals surface area contributed by atoms with Gasteiger partial charge in [0.15, 0.2) is 5.96 Å². The second-order valence-corrected chi connectivity index (χ2v) is 7.94. The van der Waals surface area contributed by atoms with Crippen molar-refractivity contribution in [3.63, 3.8) is 0 Å². The molecule has 1 amide bonds. The predicted molar refractivity (Wildman–Crippen MR) is 132 cm³/mol. The van der Waals surface area contributed by atoms with E-state index < -0.39 is 0 Å². The van der Waals surface area contributed by atoms with E-state index in [9.17, 15) is 4.79 Å². The van der Waals surface area contributed by atoms with Crippen LogP contribution in [-0.4, -0.2) is 42.3 Å². The highest BCUT2D eigenvalue weighted by molar-refractivity contribution is 14.0. The first-order valence-corrected chi connectivity index (χ1v) is 10.4. The fourth-order valence-corrected chi connectivity index (χ4v) is 3.86. The average Bonchev–Trinajstić information content (AvgIpc) is 3.09. The van der Waals surface area contributed by atoms with Gasteiger partial charge in [0.2, 0.25) is 5.91 Å². The number of nitrogens with zero attached hydrogens (tertiary/aromatic N) is 3. The molecule has 156 valence electrons. The maximum Gasteiger partial charge on any atom is 0.222 e. The van der Waals surface area contributed by atoms with Crippen molar-refractivity contribution in [2.24, 2.45) is 4.99 Å². The van der Waals surface area contributed by atoms with Crippen LogP contribution in [0.25, 0.3) is 0 Å². The second kappa shape index (κ2) is 11.5. The van der Waals surface area contributed by atoms with Crippen molar-refractivity contribution in [1.29, 1.82) is 0 Å². The zero-order chi connectivity index (χ0) is 19.9. The third-order valence-corrected chi connectivity index (χ3v) is 5.70. The highest BCUT2D eigenvalue weighted by Gasteiger charge is 2.20. The molecule has 7 heteroatoms. The summed E-state index contributed by atoms with van der Waals surface area (Å²) in [5, 5.41) is 3.43. The monoisotopic (exact) mass is 570 g/mol. The zero-order valence-electron chi connectivity index (χ0n) is 16.9. The Labute approximate surface area is 198 Å². The molecular weight excluding hydrogens is 543 g/mol. The van der Waals surface area contributed by atoms with E-state index in [1.807, 2.05) is 24.1 Å². The van der Waals surface area contributed by atoms with E-state index in [4.69, 9.17) is 0 Å². The number of hydrogen-bond acceptors (Lipinski definition) is 2. The maximum absolute atomic E-state index is 11.9. The summed E-state index contributed by atoms with van der Waals surface area (Å²) in [6, 6.07) is 16.6. The molecule has 1 aliphatic rings. The van der Waals surface area contributed by atoms with Crippen LogP contribution < -0.4 is 5.32 Å². The number of hydrogen-bond donors (Lipinski definition) is 1. The molecule has 1 saturated heterocycles. The largest absolute Gasteiger partial charge is 0.352 e. The highest BCUT2D eigenvalue weighted by Crippen LogP contribution is 2.18. The molecule has 29 heavy (non-hydrogen) atoms. The lowest BCUT2D eigenvalue weighted by Gasteiger charge is -2.23. The Balaban J connectivity index is 0.00000300. The molecule has 0 aliphatic carbocycles. The molecule has 1 N–H and O–H groups in total. The summed E-state index contributed by atoms with van der Waals surface area (Å²) in [4.78, 5) is 20.3. The van der Waals surface area contributed by atoms with Gasteiger partial charge in [-0.1, -0.05) is 58.4 Å². The summed E-state index contributed by atoms with van der Waals surface area (Å²) < 4.78 is 1.10. The topological polar surface area (TPSA) is 47.9 Å². The Hall–Kier alpha value is -1.61. The van der Waals surface area contributed by atoms with Crippen molar-refractivity contribution in [2.75, 3.05) is 20.6 Å². The fraction of sp³-hybridized carbons (Fsp3) is 0.364. The quantitative estimate of drug-likeness (QED) is 0.318. The first-order valence-electron chi connectivity index (χ1n) is 9.57. The van der Waals surface area contributed by atoms with Gasteiger partial charge in [-0.25, -0.2) is 0 Å². The minimum Gasteiger partial charge on any atom is -0.352 e. The summed E-state index contributed by atoms with van der Waals surface area (Å²) in [6.07, 6.45) is 1.65. The van der Waals surface area contributed by atoms with Gasteiger partial charge >= 0.3 is 0 Å². The van der Waals surface area contributed by atoms with E-state index in [1.54, 1.807) is 7.05 Å². The van der Waals surface area contributed by atoms with E-state index in [2.05, 4.69) is 67.5 Å². The first kappa shape index (κ1) is 23.7. The average molecular weight is 571 g/mol. The van der Waals surface area contributed by atoms with E-state index >= 15 is 0 Å². The first-order chi connectivity index (χ1) is 13.6. The van der Waals surface area contributed by atoms with Gasteiger partial charge in [-0.05, 0) is 29.2 Å². The van der Waals surface area contributed by atoms with Gasteiger partial charge in [-0.2, -0.15) is 0 Å². The van der Waals surface area contributed by atoms with Gasteiger partial charge in [0.25, 0.3) is 0 Å². The van der Waals surface area contributed by atoms with E-state index in [-0.39, 0.29) is 29.9 Å². The SMILES string of the molecule is CN=C(NCc1cccc(CN2CCCC2=O)c1)N(C)Cc1ccccc1Br.I. The van der Waals surface area contributed by atoms with Gasteiger partial charge in [0, 0.05) is 51.2 Å². The number of likely N-dealkylation sites (tertiary alicyclic amines) is 1. The van der Waals surface area contributed by atoms with E-state index in [1.165, 1.54) is 16.7 Å². The lowest BCUT2D eigenvalue weighted by molar-refractivity contribution is -0.128. The van der Waals surface area contributed by atoms with Crippen LogP contribution in [0.1, 0.15) is 29.5 Å². The van der Waals surface area contributed by atoms with Gasteiger partial charge < -0.3 is 15.1 Å². The molecule has 0 saturated carbocycles. The van der Waals surface area contributed by atoms with Crippen molar-refractivity contribution in [3.05, 3.63) is 69.7 Å². The van der Waals surface area contributed by atoms with Gasteiger partial charge in [0.1, 0.15) is 0 Å². The number of benzene rings is 2. The molecule has 5 nitrogen and oxygen atoms in total. The number of nitrogens with one attached hydrogen (secondary N) is 1. The summed E-state index contributed by atoms with van der Waals surface area (Å²) in [6.45, 7) is 3.02. The molecule has 0 spiro atoms. The van der Waals surface area contributed by atoms with Crippen LogP contribution >= 0.6 is 39.9 Å². The Bertz CT molecular complexity index is 858. The number of amides is 1. The molecular formula is C22H28BrIN4O. The minimum absolute atomic E-state index is 0. The number of guanidine groups is 1. The maximum atomic E-state index is 11.9. The Kier molecular flexibility index (Phi) is 9.42. The molecule has 0 aromatic heterocycles. The number of rotatable bonds is 6. The van der Waals surface area contributed by atoms with Crippen LogP contribution in [0, 0.1) is 0 Å². The van der Waals surface area contributed by atoms with Crippen molar-refractivity contribution in [1.82, 2.24) is 15.1 Å². The third kappa shape index (κ3) is 6.70. The standard InChI is InChI=1S/C22H27BrN4O.HI/c1-24-22(26(2)16-19-9-3-4-10-20(19)23)25-14-17-7-5-8-18(13-17)15-27-12-6-11-21(27)28;/h3-5,7-10,13H,6,11-12,14-16H2,1-2H3,(H,24,25);1H. The second-order valence-electron chi connectivity index (χ2n) is 7.09. The predicted octanol–water partition coefficient (Wildman–Crippen LogP) is 4.40. The van der Waals surface area contributed by atoms with Crippen molar-refractivity contribution < 1.29 is 4.79 Å². The molecule has 2 aromatic carbocycles. The molecule has 0 unspecified atom stereocenters. The van der Waals surface area contributed by atoms with Crippen LogP contribution in [0.4, 0.5) is 0 Å². The lowest BCUT2D eigenvalue weighted by Crippen LogP contribution is -2.38. The number of halogens is 2. The van der Waals surface area contributed by atoms with Crippen LogP contribution in [0.5, 0.6) is 0 Å². The summed E-state index contributed by atoms with van der Waals surface area (Å²) in [7, 11) is 3.83. The Morgan fingerprint density at radius 1 is 1.21 bits per heavy atom. The summed E-state index contributed by atoms with van der Waals surface area (Å²) in [5.41, 5.74) is 3.57. The molecule has 0 atom stereocenters. The highest BCUT2D eigenvalue weighted by atomic mass is 127. The minimum atomic E-state index is 0.